The Bertz CT molecular complexity index is 713. The summed E-state index contributed by atoms with van der Waals surface area (Å²) in [6.07, 6.45) is 4.70. The quantitative estimate of drug-likeness (QED) is 0.857. The summed E-state index contributed by atoms with van der Waals surface area (Å²) in [5, 5.41) is 2.99. The van der Waals surface area contributed by atoms with E-state index in [-0.39, 0.29) is 17.8 Å². The van der Waals surface area contributed by atoms with Crippen LogP contribution in [-0.4, -0.2) is 15.9 Å². The zero-order valence-electron chi connectivity index (χ0n) is 12.7. The number of nitrogens with one attached hydrogen (secondary N) is 1. The maximum atomic E-state index is 13.7. The normalized spacial score (nSPS) is 15.3. The van der Waals surface area contributed by atoms with Gasteiger partial charge in [0.05, 0.1) is 6.04 Å². The van der Waals surface area contributed by atoms with Gasteiger partial charge in [-0.2, -0.15) is 0 Å². The zero-order chi connectivity index (χ0) is 16.4. The van der Waals surface area contributed by atoms with E-state index in [1.807, 2.05) is 6.07 Å². The minimum Gasteiger partial charge on any atom is -0.344 e. The number of hydrogen-bond acceptors (Lipinski definition) is 3. The van der Waals surface area contributed by atoms with Gasteiger partial charge in [0.2, 0.25) is 0 Å². The lowest BCUT2D eigenvalue weighted by atomic mass is 10.0. The lowest BCUT2D eigenvalue weighted by Crippen LogP contribution is -2.30. The van der Waals surface area contributed by atoms with E-state index in [1.54, 1.807) is 19.2 Å². The first-order chi connectivity index (χ1) is 11.0. The number of carbonyl (C=O) groups excluding carboxylic acids is 1. The number of rotatable bonds is 5. The first-order valence-corrected chi connectivity index (χ1v) is 8.37. The molecule has 1 aliphatic rings. The molecule has 1 aromatic heterocycles. The van der Waals surface area contributed by atoms with E-state index in [9.17, 15) is 9.18 Å². The van der Waals surface area contributed by atoms with Crippen molar-refractivity contribution in [1.29, 1.82) is 0 Å². The number of aryl methyl sites for hydroxylation is 1. The Kier molecular flexibility index (Phi) is 4.71. The minimum atomic E-state index is -0.317. The molecule has 1 unspecified atom stereocenters. The van der Waals surface area contributed by atoms with Gasteiger partial charge in [-0.3, -0.25) is 4.79 Å². The van der Waals surface area contributed by atoms with E-state index in [1.165, 1.54) is 12.1 Å². The number of aromatic nitrogens is 2. The summed E-state index contributed by atoms with van der Waals surface area (Å²) in [5.74, 6) is 0.559. The SMILES string of the molecule is Cc1nccc(C(=O)NC(CC2CC2)c2cc(F)cc(Br)c2)n1. The molecule has 1 aromatic carbocycles. The predicted octanol–water partition coefficient (Wildman–Crippen LogP) is 3.96. The molecular weight excluding hydrogens is 361 g/mol. The van der Waals surface area contributed by atoms with Crippen LogP contribution in [0.25, 0.3) is 0 Å². The van der Waals surface area contributed by atoms with Crippen molar-refractivity contribution >= 4 is 21.8 Å². The molecule has 23 heavy (non-hydrogen) atoms. The molecule has 0 bridgehead atoms. The standard InChI is InChI=1S/C17H17BrFN3O/c1-10-20-5-4-15(21-10)17(23)22-16(6-11-2-3-11)12-7-13(18)9-14(19)8-12/h4-5,7-9,11,16H,2-3,6H2,1H3,(H,22,23). The first kappa shape index (κ1) is 16.1. The first-order valence-electron chi connectivity index (χ1n) is 7.58. The van der Waals surface area contributed by atoms with E-state index in [0.29, 0.717) is 21.9 Å². The van der Waals surface area contributed by atoms with Crippen molar-refractivity contribution in [2.75, 3.05) is 0 Å². The fraction of sp³-hybridized carbons (Fsp3) is 0.353. The van der Waals surface area contributed by atoms with Gasteiger partial charge in [0.1, 0.15) is 17.3 Å². The molecule has 1 heterocycles. The molecule has 1 atom stereocenters. The summed E-state index contributed by atoms with van der Waals surface area (Å²) < 4.78 is 14.4. The lowest BCUT2D eigenvalue weighted by molar-refractivity contribution is 0.0928. The fourth-order valence-corrected chi connectivity index (χ4v) is 3.04. The van der Waals surface area contributed by atoms with Gasteiger partial charge in [0.25, 0.3) is 5.91 Å². The molecule has 1 amide bonds. The second-order valence-electron chi connectivity index (χ2n) is 5.90. The fourth-order valence-electron chi connectivity index (χ4n) is 2.56. The van der Waals surface area contributed by atoms with Gasteiger partial charge in [-0.15, -0.1) is 0 Å². The Morgan fingerprint density at radius 2 is 2.22 bits per heavy atom. The highest BCUT2D eigenvalue weighted by Gasteiger charge is 2.28. The van der Waals surface area contributed by atoms with Crippen LogP contribution in [0.5, 0.6) is 0 Å². The lowest BCUT2D eigenvalue weighted by Gasteiger charge is -2.19. The molecule has 2 aromatic rings. The highest BCUT2D eigenvalue weighted by atomic mass is 79.9. The van der Waals surface area contributed by atoms with Gasteiger partial charge < -0.3 is 5.32 Å². The summed E-state index contributed by atoms with van der Waals surface area (Å²) in [4.78, 5) is 20.6. The third-order valence-electron chi connectivity index (χ3n) is 3.87. The largest absolute Gasteiger partial charge is 0.344 e. The zero-order valence-corrected chi connectivity index (χ0v) is 14.3. The second-order valence-corrected chi connectivity index (χ2v) is 6.81. The number of hydrogen-bond donors (Lipinski definition) is 1. The number of amides is 1. The molecule has 1 saturated carbocycles. The van der Waals surface area contributed by atoms with Crippen molar-refractivity contribution < 1.29 is 9.18 Å². The molecule has 0 radical (unpaired) electrons. The molecule has 1 N–H and O–H groups in total. The third kappa shape index (κ3) is 4.34. The Labute approximate surface area is 142 Å². The van der Waals surface area contributed by atoms with Crippen LogP contribution in [0, 0.1) is 18.7 Å². The molecule has 3 rings (SSSR count). The summed E-state index contributed by atoms with van der Waals surface area (Å²) in [6.45, 7) is 1.74. The van der Waals surface area contributed by atoms with Crippen molar-refractivity contribution in [2.24, 2.45) is 5.92 Å². The Hall–Kier alpha value is -1.82. The molecule has 0 saturated heterocycles. The molecule has 120 valence electrons. The summed E-state index contributed by atoms with van der Waals surface area (Å²) in [6, 6.07) is 6.09. The average Bonchev–Trinajstić information content (AvgIpc) is 3.29. The van der Waals surface area contributed by atoms with Crippen LogP contribution in [0.2, 0.25) is 0 Å². The smallest absolute Gasteiger partial charge is 0.270 e. The molecule has 1 fully saturated rings. The topological polar surface area (TPSA) is 54.9 Å². The van der Waals surface area contributed by atoms with Crippen molar-refractivity contribution in [3.8, 4) is 0 Å². The van der Waals surface area contributed by atoms with Gasteiger partial charge in [-0.25, -0.2) is 14.4 Å². The van der Waals surface area contributed by atoms with Crippen molar-refractivity contribution in [2.45, 2.75) is 32.2 Å². The molecule has 4 nitrogen and oxygen atoms in total. The molecule has 0 aliphatic heterocycles. The van der Waals surface area contributed by atoms with Gasteiger partial charge >= 0.3 is 0 Å². The molecule has 0 spiro atoms. The Balaban J connectivity index is 1.82. The number of halogens is 2. The van der Waals surface area contributed by atoms with E-state index in [4.69, 9.17) is 0 Å². The maximum Gasteiger partial charge on any atom is 0.270 e. The highest BCUT2D eigenvalue weighted by molar-refractivity contribution is 9.10. The van der Waals surface area contributed by atoms with Crippen molar-refractivity contribution in [1.82, 2.24) is 15.3 Å². The van der Waals surface area contributed by atoms with Gasteiger partial charge in [-0.05, 0) is 49.1 Å². The molecule has 6 heteroatoms. The summed E-state index contributed by atoms with van der Waals surface area (Å²) in [5.41, 5.74) is 1.09. The van der Waals surface area contributed by atoms with E-state index in [0.717, 1.165) is 24.8 Å². The molecular formula is C17H17BrFN3O. The van der Waals surface area contributed by atoms with E-state index in [2.05, 4.69) is 31.2 Å². The van der Waals surface area contributed by atoms with Crippen LogP contribution in [0.4, 0.5) is 4.39 Å². The summed E-state index contributed by atoms with van der Waals surface area (Å²) >= 11 is 3.31. The number of carbonyl (C=O) groups is 1. The van der Waals surface area contributed by atoms with Crippen LogP contribution >= 0.6 is 15.9 Å². The van der Waals surface area contributed by atoms with Gasteiger partial charge in [-0.1, -0.05) is 28.8 Å². The van der Waals surface area contributed by atoms with Crippen LogP contribution in [0.1, 0.15) is 47.2 Å². The second kappa shape index (κ2) is 6.74. The van der Waals surface area contributed by atoms with Crippen LogP contribution in [0.15, 0.2) is 34.9 Å². The predicted molar refractivity (Wildman–Crippen MR) is 88.4 cm³/mol. The summed E-state index contributed by atoms with van der Waals surface area (Å²) in [7, 11) is 0. The maximum absolute atomic E-state index is 13.7. The van der Waals surface area contributed by atoms with Crippen molar-refractivity contribution in [3.05, 3.63) is 57.8 Å². The van der Waals surface area contributed by atoms with Gasteiger partial charge in [0.15, 0.2) is 0 Å². The number of benzene rings is 1. The minimum absolute atomic E-state index is 0.225. The highest BCUT2D eigenvalue weighted by Crippen LogP contribution is 2.38. The van der Waals surface area contributed by atoms with Gasteiger partial charge in [0, 0.05) is 10.7 Å². The molecule has 1 aliphatic carbocycles. The van der Waals surface area contributed by atoms with Crippen LogP contribution < -0.4 is 5.32 Å². The third-order valence-corrected chi connectivity index (χ3v) is 4.33. The Morgan fingerprint density at radius 1 is 1.43 bits per heavy atom. The number of nitrogens with zero attached hydrogens (tertiary/aromatic N) is 2. The van der Waals surface area contributed by atoms with E-state index < -0.39 is 0 Å². The van der Waals surface area contributed by atoms with Crippen LogP contribution in [0.3, 0.4) is 0 Å². The van der Waals surface area contributed by atoms with Crippen LogP contribution in [-0.2, 0) is 0 Å². The average molecular weight is 378 g/mol. The Morgan fingerprint density at radius 3 is 2.87 bits per heavy atom. The van der Waals surface area contributed by atoms with Crippen molar-refractivity contribution in [3.63, 3.8) is 0 Å². The monoisotopic (exact) mass is 377 g/mol. The van der Waals surface area contributed by atoms with E-state index >= 15 is 0 Å².